The first kappa shape index (κ1) is 34.9. The van der Waals surface area contributed by atoms with Crippen LogP contribution in [0.5, 0.6) is 0 Å². The molecule has 0 unspecified atom stereocenters. The third-order valence-electron chi connectivity index (χ3n) is 1.42. The molecule has 0 aromatic carbocycles. The summed E-state index contributed by atoms with van der Waals surface area (Å²) in [6.07, 6.45) is 3.48. The van der Waals surface area contributed by atoms with Crippen molar-refractivity contribution in [2.45, 2.75) is 7.43 Å². The minimum absolute atomic E-state index is 0. The molecule has 0 spiro atoms. The van der Waals surface area contributed by atoms with Gasteiger partial charge in [0, 0.05) is 5.33 Å². The fourth-order valence-electron chi connectivity index (χ4n) is 0.682. The number of halogens is 1. The van der Waals surface area contributed by atoms with E-state index in [4.69, 9.17) is 24.8 Å². The van der Waals surface area contributed by atoms with Crippen LogP contribution in [0.1, 0.15) is 8.85 Å². The minimum atomic E-state index is 0. The number of allylic oxidation sites excluding steroid dienone is 1. The van der Waals surface area contributed by atoms with Gasteiger partial charge in [0.25, 0.3) is 0 Å². The van der Waals surface area contributed by atoms with Crippen molar-refractivity contribution < 1.29 is 60.5 Å². The van der Waals surface area contributed by atoms with Gasteiger partial charge in [-0.1, -0.05) is 35.5 Å². The van der Waals surface area contributed by atoms with E-state index in [1.165, 1.54) is 0 Å². The van der Waals surface area contributed by atoms with E-state index in [1.54, 1.807) is 12.2 Å². The Kier molecular flexibility index (Phi) is 65.9. The molecule has 0 aliphatic rings. The first-order chi connectivity index (χ1) is 10.2. The smallest absolute Gasteiger partial charge is 1.00 e. The van der Waals surface area contributed by atoms with Crippen molar-refractivity contribution >= 4 is 15.9 Å². The molecule has 23 heavy (non-hydrogen) atoms. The summed E-state index contributed by atoms with van der Waals surface area (Å²) in [6.45, 7) is 9.73. The Morgan fingerprint density at radius 1 is 0.783 bits per heavy atom. The number of hydrogen-bond acceptors (Lipinski definition) is 6. The summed E-state index contributed by atoms with van der Waals surface area (Å²) in [4.78, 5) is 0. The molecule has 0 saturated carbocycles. The third-order valence-corrected chi connectivity index (χ3v) is 1.88. The van der Waals surface area contributed by atoms with Crippen LogP contribution in [-0.4, -0.2) is 80.1 Å². The average Bonchev–Trinajstić information content (AvgIpc) is 2.52. The van der Waals surface area contributed by atoms with E-state index < -0.39 is 0 Å². The van der Waals surface area contributed by atoms with Gasteiger partial charge in [0.2, 0.25) is 0 Å². The number of alkyl halides is 1. The van der Waals surface area contributed by atoms with E-state index >= 15 is 0 Å². The average molecular weight is 413 g/mol. The van der Waals surface area contributed by atoms with Crippen molar-refractivity contribution in [1.29, 1.82) is 0 Å². The second kappa shape index (κ2) is 43.4. The molecule has 6 nitrogen and oxygen atoms in total. The molecule has 0 radical (unpaired) electrons. The summed E-state index contributed by atoms with van der Waals surface area (Å²) in [5.74, 6) is 0. The van der Waals surface area contributed by atoms with E-state index in [9.17, 15) is 0 Å². The summed E-state index contributed by atoms with van der Waals surface area (Å²) in [5.41, 5.74) is 0. The standard InChI is InChI=1S/C7H14O3.C4H10O3.C3H5Br.CH4.Na.H/c1-2-4-9-6-7-10-5-3-8;5-1-3-7-4-2-6;1-2-3-4;;;/h2,8H,1,3-7H2;5-6H,1-4H2;2H,1,3H2;1H4;;/q;;;;+1;-1. The Hall–Kier alpha value is 0.720. The summed E-state index contributed by atoms with van der Waals surface area (Å²) in [7, 11) is 0. The molecular formula is C15H34BrNaO6. The van der Waals surface area contributed by atoms with Crippen LogP contribution < -0.4 is 29.6 Å². The van der Waals surface area contributed by atoms with Crippen LogP contribution in [0.2, 0.25) is 0 Å². The molecule has 0 saturated heterocycles. The van der Waals surface area contributed by atoms with Crippen molar-refractivity contribution in [3.05, 3.63) is 25.3 Å². The SMILES string of the molecule is C.C=CCBr.C=CCOCCOCCO.OCCOCCO.[H-].[Na+]. The largest absolute Gasteiger partial charge is 1.00 e. The number of rotatable bonds is 12. The number of ether oxygens (including phenoxy) is 3. The Bertz CT molecular complexity index is 189. The first-order valence-corrected chi connectivity index (χ1v) is 7.70. The van der Waals surface area contributed by atoms with E-state index in [0.29, 0.717) is 39.6 Å². The van der Waals surface area contributed by atoms with E-state index in [1.807, 2.05) is 0 Å². The molecule has 0 aromatic heterocycles. The van der Waals surface area contributed by atoms with Crippen LogP contribution in [0.25, 0.3) is 0 Å². The zero-order valence-corrected chi connectivity index (χ0v) is 17.2. The van der Waals surface area contributed by atoms with Gasteiger partial charge in [-0.2, -0.15) is 0 Å². The van der Waals surface area contributed by atoms with Crippen LogP contribution in [0.3, 0.4) is 0 Å². The molecule has 0 aromatic rings. The van der Waals surface area contributed by atoms with Gasteiger partial charge >= 0.3 is 29.6 Å². The van der Waals surface area contributed by atoms with Gasteiger partial charge in [0.15, 0.2) is 0 Å². The molecular weight excluding hydrogens is 379 g/mol. The maximum atomic E-state index is 8.29. The molecule has 138 valence electrons. The van der Waals surface area contributed by atoms with E-state index in [-0.39, 0.29) is 58.2 Å². The zero-order chi connectivity index (χ0) is 16.6. The predicted molar refractivity (Wildman–Crippen MR) is 95.7 cm³/mol. The molecule has 0 amide bonds. The summed E-state index contributed by atoms with van der Waals surface area (Å²) < 4.78 is 14.6. The molecule has 0 atom stereocenters. The molecule has 8 heteroatoms. The van der Waals surface area contributed by atoms with Crippen LogP contribution in [0, 0.1) is 0 Å². The normalized spacial score (nSPS) is 8.17. The Morgan fingerprint density at radius 3 is 1.43 bits per heavy atom. The summed E-state index contributed by atoms with van der Waals surface area (Å²) in [6, 6.07) is 0. The zero-order valence-electron chi connectivity index (χ0n) is 14.6. The second-order valence-electron chi connectivity index (χ2n) is 3.20. The van der Waals surface area contributed by atoms with Gasteiger partial charge in [-0.3, -0.25) is 0 Å². The number of aliphatic hydroxyl groups is 3. The minimum Gasteiger partial charge on any atom is -1.00 e. The van der Waals surface area contributed by atoms with Gasteiger partial charge in [0.1, 0.15) is 0 Å². The van der Waals surface area contributed by atoms with Crippen molar-refractivity contribution in [1.82, 2.24) is 0 Å². The fraction of sp³-hybridized carbons (Fsp3) is 0.733. The van der Waals surface area contributed by atoms with Crippen molar-refractivity contribution in [3.63, 3.8) is 0 Å². The van der Waals surface area contributed by atoms with Crippen molar-refractivity contribution in [2.75, 3.05) is 64.8 Å². The third kappa shape index (κ3) is 60.3. The molecule has 0 rings (SSSR count). The second-order valence-corrected chi connectivity index (χ2v) is 3.85. The number of hydrogen-bond donors (Lipinski definition) is 3. The quantitative estimate of drug-likeness (QED) is 0.156. The predicted octanol–water partition coefficient (Wildman–Crippen LogP) is -1.49. The van der Waals surface area contributed by atoms with Crippen LogP contribution in [-0.2, 0) is 14.2 Å². The van der Waals surface area contributed by atoms with Gasteiger partial charge < -0.3 is 31.0 Å². The molecule has 0 fully saturated rings. The molecule has 3 N–H and O–H groups in total. The molecule has 0 heterocycles. The maximum absolute atomic E-state index is 8.29. The molecule has 0 bridgehead atoms. The van der Waals surface area contributed by atoms with Gasteiger partial charge in [-0.05, 0) is 0 Å². The van der Waals surface area contributed by atoms with E-state index in [2.05, 4.69) is 33.8 Å². The summed E-state index contributed by atoms with van der Waals surface area (Å²) in [5, 5.41) is 25.4. The monoisotopic (exact) mass is 412 g/mol. The molecule has 0 aliphatic carbocycles. The molecule has 0 aliphatic heterocycles. The number of aliphatic hydroxyl groups excluding tert-OH is 3. The Morgan fingerprint density at radius 2 is 1.13 bits per heavy atom. The summed E-state index contributed by atoms with van der Waals surface area (Å²) >= 11 is 3.13. The van der Waals surface area contributed by atoms with Crippen molar-refractivity contribution in [3.8, 4) is 0 Å². The Balaban J connectivity index is -0.0000000516. The van der Waals surface area contributed by atoms with Crippen LogP contribution >= 0.6 is 15.9 Å². The van der Waals surface area contributed by atoms with Crippen LogP contribution in [0.15, 0.2) is 25.3 Å². The Labute approximate surface area is 173 Å². The maximum Gasteiger partial charge on any atom is 1.00 e. The topological polar surface area (TPSA) is 88.4 Å². The van der Waals surface area contributed by atoms with Gasteiger partial charge in [-0.25, -0.2) is 0 Å². The first-order valence-electron chi connectivity index (χ1n) is 6.58. The van der Waals surface area contributed by atoms with Gasteiger partial charge in [0.05, 0.1) is 59.5 Å². The fourth-order valence-corrected chi connectivity index (χ4v) is 0.682. The van der Waals surface area contributed by atoms with Gasteiger partial charge in [-0.15, -0.1) is 13.2 Å². The van der Waals surface area contributed by atoms with Crippen molar-refractivity contribution in [2.24, 2.45) is 0 Å². The van der Waals surface area contributed by atoms with E-state index in [0.717, 1.165) is 5.33 Å². The van der Waals surface area contributed by atoms with Crippen LogP contribution in [0.4, 0.5) is 0 Å².